The second-order valence-corrected chi connectivity index (χ2v) is 2.87. The van der Waals surface area contributed by atoms with E-state index in [0.29, 0.717) is 11.4 Å². The Labute approximate surface area is 80.4 Å². The predicted octanol–water partition coefficient (Wildman–Crippen LogP) is 0.690. The van der Waals surface area contributed by atoms with Crippen LogP contribution in [0.5, 0.6) is 0 Å². The third-order valence-corrected chi connectivity index (χ3v) is 1.93. The molecule has 0 N–H and O–H groups in total. The standard InChI is InChI=1S/C9H8N4O/c1-13-9(10-11-12-13)8-4-2-7(6-14)3-5-8/h2-6H,1H3. The van der Waals surface area contributed by atoms with Crippen LogP contribution >= 0.6 is 0 Å². The largest absolute Gasteiger partial charge is 0.298 e. The minimum absolute atomic E-state index is 0.642. The van der Waals surface area contributed by atoms with Crippen LogP contribution in [-0.4, -0.2) is 26.5 Å². The summed E-state index contributed by atoms with van der Waals surface area (Å²) in [6, 6.07) is 7.10. The molecule has 14 heavy (non-hydrogen) atoms. The molecule has 0 aliphatic heterocycles. The molecule has 5 nitrogen and oxygen atoms in total. The van der Waals surface area contributed by atoms with Crippen molar-refractivity contribution in [3.8, 4) is 11.4 Å². The van der Waals surface area contributed by atoms with E-state index in [9.17, 15) is 4.79 Å². The Bertz CT molecular complexity index is 446. The maximum Gasteiger partial charge on any atom is 0.181 e. The Hall–Kier alpha value is -2.04. The average molecular weight is 188 g/mol. The molecule has 0 bridgehead atoms. The summed E-state index contributed by atoms with van der Waals surface area (Å²) >= 11 is 0. The lowest BCUT2D eigenvalue weighted by atomic mass is 10.1. The maximum atomic E-state index is 10.4. The molecule has 1 heterocycles. The van der Waals surface area contributed by atoms with E-state index in [0.717, 1.165) is 11.8 Å². The number of carbonyl (C=O) groups excluding carboxylic acids is 1. The lowest BCUT2D eigenvalue weighted by Gasteiger charge is -1.98. The van der Waals surface area contributed by atoms with E-state index in [-0.39, 0.29) is 0 Å². The third-order valence-electron chi connectivity index (χ3n) is 1.93. The summed E-state index contributed by atoms with van der Waals surface area (Å²) in [5.41, 5.74) is 1.53. The SMILES string of the molecule is Cn1nnnc1-c1ccc(C=O)cc1. The fraction of sp³-hybridized carbons (Fsp3) is 0.111. The highest BCUT2D eigenvalue weighted by atomic mass is 16.1. The van der Waals surface area contributed by atoms with Gasteiger partial charge in [-0.05, 0) is 10.4 Å². The first-order chi connectivity index (χ1) is 6.81. The molecular formula is C9H8N4O. The zero-order chi connectivity index (χ0) is 9.97. The number of tetrazole rings is 1. The van der Waals surface area contributed by atoms with Crippen molar-refractivity contribution in [2.75, 3.05) is 0 Å². The van der Waals surface area contributed by atoms with Gasteiger partial charge in [-0.25, -0.2) is 4.68 Å². The fourth-order valence-electron chi connectivity index (χ4n) is 1.18. The van der Waals surface area contributed by atoms with Crippen LogP contribution in [0.2, 0.25) is 0 Å². The van der Waals surface area contributed by atoms with Crippen LogP contribution in [0.3, 0.4) is 0 Å². The topological polar surface area (TPSA) is 60.7 Å². The van der Waals surface area contributed by atoms with Crippen molar-refractivity contribution in [1.82, 2.24) is 20.2 Å². The van der Waals surface area contributed by atoms with Crippen molar-refractivity contribution in [1.29, 1.82) is 0 Å². The number of aldehydes is 1. The minimum atomic E-state index is 0.642. The molecule has 0 amide bonds. The first-order valence-electron chi connectivity index (χ1n) is 4.09. The number of nitrogens with zero attached hydrogens (tertiary/aromatic N) is 4. The molecule has 0 unspecified atom stereocenters. The third kappa shape index (κ3) is 1.39. The van der Waals surface area contributed by atoms with Gasteiger partial charge in [-0.3, -0.25) is 4.79 Å². The summed E-state index contributed by atoms with van der Waals surface area (Å²) in [5, 5.41) is 11.1. The van der Waals surface area contributed by atoms with Gasteiger partial charge < -0.3 is 0 Å². The molecule has 5 heteroatoms. The second-order valence-electron chi connectivity index (χ2n) is 2.87. The molecule has 0 saturated carbocycles. The highest BCUT2D eigenvalue weighted by Gasteiger charge is 2.04. The van der Waals surface area contributed by atoms with E-state index in [2.05, 4.69) is 15.5 Å². The van der Waals surface area contributed by atoms with Crippen LogP contribution in [0.1, 0.15) is 10.4 Å². The monoisotopic (exact) mass is 188 g/mol. The lowest BCUT2D eigenvalue weighted by molar-refractivity contribution is 0.112. The number of aryl methyl sites for hydroxylation is 1. The Morgan fingerprint density at radius 1 is 1.29 bits per heavy atom. The van der Waals surface area contributed by atoms with Gasteiger partial charge in [0.25, 0.3) is 0 Å². The molecule has 2 aromatic rings. The number of benzene rings is 1. The van der Waals surface area contributed by atoms with Gasteiger partial charge in [0.15, 0.2) is 5.82 Å². The fourth-order valence-corrected chi connectivity index (χ4v) is 1.18. The zero-order valence-corrected chi connectivity index (χ0v) is 7.58. The van der Waals surface area contributed by atoms with Gasteiger partial charge in [-0.15, -0.1) is 5.10 Å². The van der Waals surface area contributed by atoms with E-state index in [4.69, 9.17) is 0 Å². The number of hydrogen-bond acceptors (Lipinski definition) is 4. The van der Waals surface area contributed by atoms with E-state index >= 15 is 0 Å². The Kier molecular flexibility index (Phi) is 2.06. The van der Waals surface area contributed by atoms with Gasteiger partial charge in [0.1, 0.15) is 6.29 Å². The number of aromatic nitrogens is 4. The summed E-state index contributed by atoms with van der Waals surface area (Å²) in [6.45, 7) is 0. The van der Waals surface area contributed by atoms with Crippen molar-refractivity contribution in [2.24, 2.45) is 7.05 Å². The smallest absolute Gasteiger partial charge is 0.181 e. The van der Waals surface area contributed by atoms with E-state index in [1.807, 2.05) is 12.1 Å². The van der Waals surface area contributed by atoms with Gasteiger partial charge in [0.2, 0.25) is 0 Å². The molecule has 2 rings (SSSR count). The van der Waals surface area contributed by atoms with Crippen LogP contribution in [0, 0.1) is 0 Å². The Morgan fingerprint density at radius 3 is 2.50 bits per heavy atom. The van der Waals surface area contributed by atoms with Crippen molar-refractivity contribution in [3.05, 3.63) is 29.8 Å². The molecule has 1 aromatic carbocycles. The van der Waals surface area contributed by atoms with Crippen molar-refractivity contribution in [3.63, 3.8) is 0 Å². The molecule has 0 saturated heterocycles. The number of carbonyl (C=O) groups is 1. The highest BCUT2D eigenvalue weighted by molar-refractivity contribution is 5.76. The molecule has 70 valence electrons. The van der Waals surface area contributed by atoms with Gasteiger partial charge in [0, 0.05) is 18.2 Å². The highest BCUT2D eigenvalue weighted by Crippen LogP contribution is 2.14. The van der Waals surface area contributed by atoms with Crippen LogP contribution in [0.15, 0.2) is 24.3 Å². The van der Waals surface area contributed by atoms with Crippen molar-refractivity contribution < 1.29 is 4.79 Å². The second kappa shape index (κ2) is 3.37. The van der Waals surface area contributed by atoms with Gasteiger partial charge in [0.05, 0.1) is 0 Å². The van der Waals surface area contributed by atoms with Crippen LogP contribution in [0.25, 0.3) is 11.4 Å². The van der Waals surface area contributed by atoms with Crippen LogP contribution in [0.4, 0.5) is 0 Å². The summed E-state index contributed by atoms with van der Waals surface area (Å²) in [7, 11) is 1.77. The van der Waals surface area contributed by atoms with Crippen molar-refractivity contribution >= 4 is 6.29 Å². The maximum absolute atomic E-state index is 10.4. The lowest BCUT2D eigenvalue weighted by Crippen LogP contribution is -1.94. The summed E-state index contributed by atoms with van der Waals surface area (Å²) in [5.74, 6) is 0.683. The molecule has 0 fully saturated rings. The van der Waals surface area contributed by atoms with Crippen LogP contribution in [-0.2, 0) is 7.05 Å². The zero-order valence-electron chi connectivity index (χ0n) is 7.58. The first-order valence-corrected chi connectivity index (χ1v) is 4.09. The number of rotatable bonds is 2. The first kappa shape index (κ1) is 8.55. The molecule has 0 radical (unpaired) electrons. The predicted molar refractivity (Wildman–Crippen MR) is 49.6 cm³/mol. The molecule has 0 spiro atoms. The van der Waals surface area contributed by atoms with E-state index in [1.165, 1.54) is 0 Å². The summed E-state index contributed by atoms with van der Waals surface area (Å²) in [4.78, 5) is 10.4. The summed E-state index contributed by atoms with van der Waals surface area (Å²) < 4.78 is 1.58. The van der Waals surface area contributed by atoms with Crippen molar-refractivity contribution in [2.45, 2.75) is 0 Å². The van der Waals surface area contributed by atoms with Gasteiger partial charge in [-0.2, -0.15) is 0 Å². The van der Waals surface area contributed by atoms with Crippen LogP contribution < -0.4 is 0 Å². The van der Waals surface area contributed by atoms with Gasteiger partial charge >= 0.3 is 0 Å². The Morgan fingerprint density at radius 2 is 2.00 bits per heavy atom. The number of hydrogen-bond donors (Lipinski definition) is 0. The molecule has 1 aromatic heterocycles. The normalized spacial score (nSPS) is 10.1. The average Bonchev–Trinajstić information content (AvgIpc) is 2.65. The summed E-state index contributed by atoms with van der Waals surface area (Å²) in [6.07, 6.45) is 0.804. The quantitative estimate of drug-likeness (QED) is 0.650. The molecular weight excluding hydrogens is 180 g/mol. The van der Waals surface area contributed by atoms with E-state index in [1.54, 1.807) is 23.9 Å². The Balaban J connectivity index is 2.43. The minimum Gasteiger partial charge on any atom is -0.298 e. The molecule has 0 aliphatic rings. The van der Waals surface area contributed by atoms with E-state index < -0.39 is 0 Å². The molecule has 0 aliphatic carbocycles. The van der Waals surface area contributed by atoms with Gasteiger partial charge in [-0.1, -0.05) is 24.3 Å². The molecule has 0 atom stereocenters.